The van der Waals surface area contributed by atoms with Gasteiger partial charge in [-0.2, -0.15) is 9.40 Å². The number of hydrogen-bond donors (Lipinski definition) is 0. The summed E-state index contributed by atoms with van der Waals surface area (Å²) in [6, 6.07) is 0. The molecule has 1 aliphatic heterocycles. The average molecular weight is 321 g/mol. The van der Waals surface area contributed by atoms with Gasteiger partial charge in [0.15, 0.2) is 0 Å². The predicted molar refractivity (Wildman–Crippen MR) is 80.7 cm³/mol. The van der Waals surface area contributed by atoms with Crippen LogP contribution in [0, 0.1) is 6.92 Å². The van der Waals surface area contributed by atoms with Gasteiger partial charge in [-0.25, -0.2) is 8.42 Å². The topological polar surface area (TPSA) is 81.0 Å². The second-order valence-corrected chi connectivity index (χ2v) is 7.49. The molecule has 1 aliphatic rings. The lowest BCUT2D eigenvalue weighted by molar-refractivity contribution is 0.312. The molecule has 0 spiro atoms. The highest BCUT2D eigenvalue weighted by Crippen LogP contribution is 2.29. The number of piperidine rings is 1. The van der Waals surface area contributed by atoms with Gasteiger partial charge in [0.1, 0.15) is 4.90 Å². The standard InChI is InChI=1S/C14H19N5O2S/c1-11-14(10-18(2)17-11)22(20,21)19-7-3-4-12(9-19)13-8-15-5-6-16-13/h5-6,8,10,12H,3-4,7,9H2,1-2H3/t12-/m0/s1. The molecule has 0 saturated carbocycles. The second kappa shape index (κ2) is 5.77. The number of hydrogen-bond acceptors (Lipinski definition) is 5. The summed E-state index contributed by atoms with van der Waals surface area (Å²) >= 11 is 0. The molecule has 0 bridgehead atoms. The molecule has 3 rings (SSSR count). The van der Waals surface area contributed by atoms with E-state index in [4.69, 9.17) is 0 Å². The molecule has 0 amide bonds. The number of nitrogens with zero attached hydrogens (tertiary/aromatic N) is 5. The first kappa shape index (κ1) is 15.1. The van der Waals surface area contributed by atoms with Crippen LogP contribution in [-0.2, 0) is 17.1 Å². The van der Waals surface area contributed by atoms with Crippen LogP contribution in [0.1, 0.15) is 30.1 Å². The van der Waals surface area contributed by atoms with E-state index >= 15 is 0 Å². The van der Waals surface area contributed by atoms with Crippen LogP contribution in [0.5, 0.6) is 0 Å². The van der Waals surface area contributed by atoms with Crippen LogP contribution in [0.3, 0.4) is 0 Å². The fraction of sp³-hybridized carbons (Fsp3) is 0.500. The van der Waals surface area contributed by atoms with Crippen molar-refractivity contribution >= 4 is 10.0 Å². The Labute approximate surface area is 130 Å². The van der Waals surface area contributed by atoms with Crippen molar-refractivity contribution in [3.05, 3.63) is 36.2 Å². The van der Waals surface area contributed by atoms with Crippen LogP contribution in [0.15, 0.2) is 29.7 Å². The van der Waals surface area contributed by atoms with Crippen molar-refractivity contribution in [1.29, 1.82) is 0 Å². The number of aromatic nitrogens is 4. The van der Waals surface area contributed by atoms with Crippen LogP contribution in [0.25, 0.3) is 0 Å². The fourth-order valence-corrected chi connectivity index (χ4v) is 4.62. The lowest BCUT2D eigenvalue weighted by Gasteiger charge is -2.31. The molecule has 7 nitrogen and oxygen atoms in total. The van der Waals surface area contributed by atoms with Gasteiger partial charge >= 0.3 is 0 Å². The minimum Gasteiger partial charge on any atom is -0.274 e. The first-order chi connectivity index (χ1) is 10.5. The van der Waals surface area contributed by atoms with E-state index in [-0.39, 0.29) is 10.8 Å². The van der Waals surface area contributed by atoms with E-state index in [9.17, 15) is 8.42 Å². The Morgan fingerprint density at radius 1 is 1.32 bits per heavy atom. The SMILES string of the molecule is Cc1nn(C)cc1S(=O)(=O)N1CCC[C@H](c2cnccn2)C1. The van der Waals surface area contributed by atoms with E-state index in [1.54, 1.807) is 43.1 Å². The van der Waals surface area contributed by atoms with Gasteiger partial charge in [0.2, 0.25) is 10.0 Å². The Hall–Kier alpha value is -1.80. The highest BCUT2D eigenvalue weighted by Gasteiger charge is 2.33. The van der Waals surface area contributed by atoms with Gasteiger partial charge in [0, 0.05) is 50.8 Å². The molecule has 2 aromatic rings. The third-order valence-electron chi connectivity index (χ3n) is 3.97. The molecular weight excluding hydrogens is 302 g/mol. The summed E-state index contributed by atoms with van der Waals surface area (Å²) in [6.07, 6.45) is 8.30. The fourth-order valence-electron chi connectivity index (χ4n) is 2.89. The number of aryl methyl sites for hydroxylation is 2. The van der Waals surface area contributed by atoms with Gasteiger partial charge in [-0.1, -0.05) is 0 Å². The second-order valence-electron chi connectivity index (χ2n) is 5.58. The van der Waals surface area contributed by atoms with Crippen molar-refractivity contribution in [3.63, 3.8) is 0 Å². The molecule has 1 atom stereocenters. The first-order valence-electron chi connectivity index (χ1n) is 7.25. The van der Waals surface area contributed by atoms with Crippen molar-refractivity contribution in [2.24, 2.45) is 7.05 Å². The van der Waals surface area contributed by atoms with Crippen molar-refractivity contribution in [2.45, 2.75) is 30.6 Å². The molecule has 118 valence electrons. The predicted octanol–water partition coefficient (Wildman–Crippen LogP) is 1.09. The summed E-state index contributed by atoms with van der Waals surface area (Å²) in [7, 11) is -1.78. The molecule has 3 heterocycles. The van der Waals surface area contributed by atoms with E-state index in [1.807, 2.05) is 0 Å². The number of sulfonamides is 1. The zero-order chi connectivity index (χ0) is 15.7. The molecule has 2 aromatic heterocycles. The maximum Gasteiger partial charge on any atom is 0.246 e. The minimum atomic E-state index is -3.51. The summed E-state index contributed by atoms with van der Waals surface area (Å²) < 4.78 is 28.7. The van der Waals surface area contributed by atoms with Gasteiger partial charge in [-0.15, -0.1) is 0 Å². The van der Waals surface area contributed by atoms with Crippen LogP contribution >= 0.6 is 0 Å². The van der Waals surface area contributed by atoms with Crippen molar-refractivity contribution < 1.29 is 8.42 Å². The lowest BCUT2D eigenvalue weighted by Crippen LogP contribution is -2.39. The molecule has 8 heteroatoms. The Morgan fingerprint density at radius 3 is 2.77 bits per heavy atom. The van der Waals surface area contributed by atoms with Crippen LogP contribution < -0.4 is 0 Å². The van der Waals surface area contributed by atoms with Gasteiger partial charge in [-0.05, 0) is 19.8 Å². The van der Waals surface area contributed by atoms with Gasteiger partial charge in [-0.3, -0.25) is 14.6 Å². The highest BCUT2D eigenvalue weighted by atomic mass is 32.2. The quantitative estimate of drug-likeness (QED) is 0.845. The molecule has 0 N–H and O–H groups in total. The summed E-state index contributed by atoms with van der Waals surface area (Å²) in [5.74, 6) is 0.0919. The van der Waals surface area contributed by atoms with Crippen molar-refractivity contribution in [3.8, 4) is 0 Å². The van der Waals surface area contributed by atoms with Crippen LogP contribution in [0.2, 0.25) is 0 Å². The monoisotopic (exact) mass is 321 g/mol. The van der Waals surface area contributed by atoms with Crippen molar-refractivity contribution in [2.75, 3.05) is 13.1 Å². The van der Waals surface area contributed by atoms with E-state index in [0.717, 1.165) is 18.5 Å². The molecule has 0 radical (unpaired) electrons. The maximum absolute atomic E-state index is 12.8. The summed E-state index contributed by atoms with van der Waals surface area (Å²) in [4.78, 5) is 8.68. The third kappa shape index (κ3) is 2.76. The van der Waals surface area contributed by atoms with E-state index < -0.39 is 10.0 Å². The van der Waals surface area contributed by atoms with Crippen molar-refractivity contribution in [1.82, 2.24) is 24.1 Å². The zero-order valence-corrected chi connectivity index (χ0v) is 13.5. The number of rotatable bonds is 3. The molecule has 22 heavy (non-hydrogen) atoms. The molecule has 1 fully saturated rings. The smallest absolute Gasteiger partial charge is 0.246 e. The molecule has 0 unspecified atom stereocenters. The molecule has 0 aliphatic carbocycles. The summed E-state index contributed by atoms with van der Waals surface area (Å²) in [5.41, 5.74) is 1.38. The van der Waals surface area contributed by atoms with E-state index in [0.29, 0.717) is 18.8 Å². The molecule has 1 saturated heterocycles. The normalized spacial score (nSPS) is 20.2. The Bertz CT molecular complexity index is 757. The minimum absolute atomic E-state index is 0.0919. The lowest BCUT2D eigenvalue weighted by atomic mass is 9.96. The average Bonchev–Trinajstić information content (AvgIpc) is 2.88. The summed E-state index contributed by atoms with van der Waals surface area (Å²) in [6.45, 7) is 2.69. The zero-order valence-electron chi connectivity index (χ0n) is 12.7. The highest BCUT2D eigenvalue weighted by molar-refractivity contribution is 7.89. The largest absolute Gasteiger partial charge is 0.274 e. The van der Waals surface area contributed by atoms with Gasteiger partial charge < -0.3 is 0 Å². The van der Waals surface area contributed by atoms with Gasteiger partial charge in [0.05, 0.1) is 11.4 Å². The van der Waals surface area contributed by atoms with Crippen LogP contribution in [0.4, 0.5) is 0 Å². The van der Waals surface area contributed by atoms with Gasteiger partial charge in [0.25, 0.3) is 0 Å². The Balaban J connectivity index is 1.87. The molecular formula is C14H19N5O2S. The first-order valence-corrected chi connectivity index (χ1v) is 8.69. The Morgan fingerprint density at radius 2 is 2.14 bits per heavy atom. The molecule has 0 aromatic carbocycles. The van der Waals surface area contributed by atoms with Crippen LogP contribution in [-0.4, -0.2) is 45.6 Å². The van der Waals surface area contributed by atoms with E-state index in [2.05, 4.69) is 15.1 Å². The maximum atomic E-state index is 12.8. The summed E-state index contributed by atoms with van der Waals surface area (Å²) in [5, 5.41) is 4.14. The van der Waals surface area contributed by atoms with E-state index in [1.165, 1.54) is 4.68 Å². The third-order valence-corrected chi connectivity index (χ3v) is 5.94. The Kier molecular flexibility index (Phi) is 3.96.